The van der Waals surface area contributed by atoms with E-state index in [-0.39, 0.29) is 27.6 Å². The Bertz CT molecular complexity index is 1670. The van der Waals surface area contributed by atoms with E-state index in [0.29, 0.717) is 34.7 Å². The number of ether oxygens (including phenoxy) is 2. The summed E-state index contributed by atoms with van der Waals surface area (Å²) in [7, 11) is -4.04. The molecule has 0 spiro atoms. The number of amides is 1. The number of thiazole rings is 1. The van der Waals surface area contributed by atoms with Crippen LogP contribution in [0.1, 0.15) is 91.9 Å². The molecule has 0 aliphatic heterocycles. The molecule has 3 aromatic rings. The number of unbranched alkanes of at least 4 members (excludes halogenated alkanes) is 6. The number of fused-ring (bicyclic) bond motifs is 1. The van der Waals surface area contributed by atoms with Crippen molar-refractivity contribution in [3.05, 3.63) is 53.9 Å². The van der Waals surface area contributed by atoms with Gasteiger partial charge in [-0.05, 0) is 56.5 Å². The van der Waals surface area contributed by atoms with Crippen LogP contribution in [0.25, 0.3) is 10.2 Å². The van der Waals surface area contributed by atoms with Crippen LogP contribution < -0.4 is 14.8 Å². The molecule has 0 aliphatic rings. The molecule has 12 nitrogen and oxygen atoms in total. The van der Waals surface area contributed by atoms with Crippen LogP contribution >= 0.6 is 11.3 Å². The van der Waals surface area contributed by atoms with Gasteiger partial charge < -0.3 is 19.9 Å². The number of allylic oxidation sites excluding steroid dienone is 1. The Morgan fingerprint density at radius 2 is 1.73 bits per heavy atom. The van der Waals surface area contributed by atoms with Gasteiger partial charge >= 0.3 is 5.97 Å². The molecular formula is C34H47N5O7S2. The molecule has 0 bridgehead atoms. The molecule has 0 saturated carbocycles. The second-order valence-corrected chi connectivity index (χ2v) is 14.1. The van der Waals surface area contributed by atoms with Gasteiger partial charge in [0.2, 0.25) is 15.2 Å². The SMILES string of the molecule is CCCCCCCCOc1ccccc1NC(=O)/C(N=Nc1nc2cc(S(=O)(=O)NCC(=O)OC(CC)CCCC)ccc2s1)=C(/C)O. The Kier molecular flexibility index (Phi) is 15.9. The van der Waals surface area contributed by atoms with Crippen molar-refractivity contribution in [1.82, 2.24) is 9.71 Å². The number of esters is 1. The van der Waals surface area contributed by atoms with E-state index in [1.54, 1.807) is 24.3 Å². The summed E-state index contributed by atoms with van der Waals surface area (Å²) in [6, 6.07) is 11.4. The number of benzene rings is 2. The monoisotopic (exact) mass is 701 g/mol. The van der Waals surface area contributed by atoms with Crippen LogP contribution in [0.4, 0.5) is 10.8 Å². The van der Waals surface area contributed by atoms with Gasteiger partial charge in [0, 0.05) is 0 Å². The lowest BCUT2D eigenvalue weighted by molar-refractivity contribution is -0.148. The molecule has 0 radical (unpaired) electrons. The van der Waals surface area contributed by atoms with E-state index in [2.05, 4.69) is 32.2 Å². The topological polar surface area (TPSA) is 169 Å². The molecule has 1 atom stereocenters. The largest absolute Gasteiger partial charge is 0.510 e. The van der Waals surface area contributed by atoms with Crippen molar-refractivity contribution in [2.75, 3.05) is 18.5 Å². The Balaban J connectivity index is 1.64. The number of hydrogen-bond acceptors (Lipinski definition) is 11. The number of anilines is 1. The highest BCUT2D eigenvalue weighted by atomic mass is 32.2. The molecule has 1 unspecified atom stereocenters. The van der Waals surface area contributed by atoms with Gasteiger partial charge in [-0.1, -0.05) is 89.2 Å². The highest BCUT2D eigenvalue weighted by Crippen LogP contribution is 2.31. The van der Waals surface area contributed by atoms with E-state index < -0.39 is 28.4 Å². The van der Waals surface area contributed by atoms with E-state index in [1.807, 2.05) is 19.9 Å². The van der Waals surface area contributed by atoms with Crippen molar-refractivity contribution in [1.29, 1.82) is 0 Å². The van der Waals surface area contributed by atoms with Gasteiger partial charge in [0.15, 0.2) is 5.70 Å². The second-order valence-electron chi connectivity index (χ2n) is 11.3. The van der Waals surface area contributed by atoms with Crippen molar-refractivity contribution < 1.29 is 32.6 Å². The number of aliphatic hydroxyl groups excluding tert-OH is 1. The maximum absolute atomic E-state index is 13.1. The molecule has 1 amide bonds. The zero-order valence-electron chi connectivity index (χ0n) is 28.2. The summed E-state index contributed by atoms with van der Waals surface area (Å²) in [5.41, 5.74) is 0.441. The van der Waals surface area contributed by atoms with Crippen LogP contribution in [0.15, 0.2) is 69.0 Å². The summed E-state index contributed by atoms with van der Waals surface area (Å²) in [6.45, 7) is 7.49. The number of aliphatic hydroxyl groups is 1. The van der Waals surface area contributed by atoms with Crippen LogP contribution in [0.2, 0.25) is 0 Å². The van der Waals surface area contributed by atoms with Crippen molar-refractivity contribution in [3.63, 3.8) is 0 Å². The first-order valence-electron chi connectivity index (χ1n) is 16.5. The number of aromatic nitrogens is 1. The molecule has 3 rings (SSSR count). The Morgan fingerprint density at radius 3 is 2.46 bits per heavy atom. The summed E-state index contributed by atoms with van der Waals surface area (Å²) in [4.78, 5) is 29.6. The molecule has 0 aliphatic carbocycles. The molecule has 1 heterocycles. The number of carbonyl (C=O) groups is 2. The van der Waals surface area contributed by atoms with Gasteiger partial charge in [0.05, 0.1) is 27.4 Å². The molecule has 2 aromatic carbocycles. The summed E-state index contributed by atoms with van der Waals surface area (Å²) in [6.07, 6.45) is 9.79. The third-order valence-electron chi connectivity index (χ3n) is 7.38. The third-order valence-corrected chi connectivity index (χ3v) is 9.70. The van der Waals surface area contributed by atoms with Gasteiger partial charge in [-0.3, -0.25) is 9.59 Å². The van der Waals surface area contributed by atoms with Crippen LogP contribution in [-0.4, -0.2) is 49.6 Å². The lowest BCUT2D eigenvalue weighted by Crippen LogP contribution is -2.32. The van der Waals surface area contributed by atoms with Crippen LogP contribution in [0.3, 0.4) is 0 Å². The van der Waals surface area contributed by atoms with E-state index in [9.17, 15) is 23.1 Å². The minimum absolute atomic E-state index is 0.0850. The predicted molar refractivity (Wildman–Crippen MR) is 188 cm³/mol. The number of azo groups is 1. The number of sulfonamides is 1. The number of para-hydroxylation sites is 2. The van der Waals surface area contributed by atoms with Gasteiger partial charge in [0.1, 0.15) is 24.2 Å². The van der Waals surface area contributed by atoms with Crippen molar-refractivity contribution in [3.8, 4) is 5.75 Å². The standard InChI is InChI=1S/C34H47N5O7S2/c1-5-8-10-11-12-15-21-45-29-18-14-13-17-27(29)36-33(42)32(24(4)40)38-39-34-37-28-22-26(19-20-30(28)47-34)48(43,44)35-23-31(41)46-25(7-3)16-9-6-2/h13-14,17-20,22,25,35,40H,5-12,15-16,21,23H2,1-4H3,(H,36,42)/b32-24+,39-38?. The quantitative estimate of drug-likeness (QED) is 0.0327. The molecule has 262 valence electrons. The van der Waals surface area contributed by atoms with Gasteiger partial charge in [-0.25, -0.2) is 13.4 Å². The lowest BCUT2D eigenvalue weighted by Gasteiger charge is -2.16. The Morgan fingerprint density at radius 1 is 1.00 bits per heavy atom. The Labute approximate surface area is 287 Å². The smallest absolute Gasteiger partial charge is 0.321 e. The summed E-state index contributed by atoms with van der Waals surface area (Å²) in [5, 5.41) is 21.1. The molecule has 0 saturated heterocycles. The minimum Gasteiger partial charge on any atom is -0.510 e. The first kappa shape index (κ1) is 38.6. The molecule has 14 heteroatoms. The van der Waals surface area contributed by atoms with Crippen molar-refractivity contribution >= 4 is 54.3 Å². The van der Waals surface area contributed by atoms with Gasteiger partial charge in [-0.15, -0.1) is 10.2 Å². The van der Waals surface area contributed by atoms with Gasteiger partial charge in [0.25, 0.3) is 5.91 Å². The highest BCUT2D eigenvalue weighted by Gasteiger charge is 2.20. The first-order chi connectivity index (χ1) is 23.1. The zero-order valence-corrected chi connectivity index (χ0v) is 29.8. The fourth-order valence-corrected chi connectivity index (χ4v) is 6.42. The Hall–Kier alpha value is -3.88. The van der Waals surface area contributed by atoms with Crippen LogP contribution in [0, 0.1) is 0 Å². The summed E-state index contributed by atoms with van der Waals surface area (Å²) in [5.74, 6) is -1.18. The number of carbonyl (C=O) groups excluding carboxylic acids is 2. The van der Waals surface area contributed by atoms with E-state index >= 15 is 0 Å². The predicted octanol–water partition coefficient (Wildman–Crippen LogP) is 8.34. The average Bonchev–Trinajstić information content (AvgIpc) is 3.48. The maximum Gasteiger partial charge on any atom is 0.321 e. The molecule has 1 aromatic heterocycles. The molecule has 3 N–H and O–H groups in total. The molecule has 0 fully saturated rings. The highest BCUT2D eigenvalue weighted by molar-refractivity contribution is 7.89. The minimum atomic E-state index is -4.04. The summed E-state index contributed by atoms with van der Waals surface area (Å²) >= 11 is 1.12. The maximum atomic E-state index is 13.1. The zero-order chi connectivity index (χ0) is 34.9. The van der Waals surface area contributed by atoms with Crippen LogP contribution in [-0.2, 0) is 24.3 Å². The molecule has 48 heavy (non-hydrogen) atoms. The van der Waals surface area contributed by atoms with E-state index in [0.717, 1.165) is 49.9 Å². The fourth-order valence-electron chi connectivity index (χ4n) is 4.66. The fraction of sp³-hybridized carbons (Fsp3) is 0.500. The number of nitrogens with zero attached hydrogens (tertiary/aromatic N) is 3. The van der Waals surface area contributed by atoms with Crippen LogP contribution in [0.5, 0.6) is 5.75 Å². The lowest BCUT2D eigenvalue weighted by atomic mass is 10.1. The second kappa shape index (κ2) is 19.8. The summed E-state index contributed by atoms with van der Waals surface area (Å²) < 4.78 is 40.0. The van der Waals surface area contributed by atoms with Gasteiger partial charge in [-0.2, -0.15) is 4.72 Å². The number of rotatable bonds is 21. The average molecular weight is 702 g/mol. The number of hydrogen-bond donors (Lipinski definition) is 3. The first-order valence-corrected chi connectivity index (χ1v) is 18.8. The van der Waals surface area contributed by atoms with Crippen molar-refractivity contribution in [2.45, 2.75) is 103 Å². The van der Waals surface area contributed by atoms with Crippen molar-refractivity contribution in [2.24, 2.45) is 10.2 Å². The number of nitrogens with one attached hydrogen (secondary N) is 2. The van der Waals surface area contributed by atoms with E-state index in [1.165, 1.54) is 38.3 Å². The molecular weight excluding hydrogens is 655 g/mol. The third kappa shape index (κ3) is 12.3. The normalized spacial score (nSPS) is 13.0. The van der Waals surface area contributed by atoms with E-state index in [4.69, 9.17) is 9.47 Å².